The van der Waals surface area contributed by atoms with Gasteiger partial charge < -0.3 is 10.5 Å². The summed E-state index contributed by atoms with van der Waals surface area (Å²) >= 11 is 0. The van der Waals surface area contributed by atoms with Gasteiger partial charge >= 0.3 is 0 Å². The number of ether oxygens (including phenoxy) is 1. The molecule has 1 aliphatic rings. The molecular formula is C13H24N4O3S. The summed E-state index contributed by atoms with van der Waals surface area (Å²) in [7, 11) is -1.77. The number of aromatic nitrogens is 2. The van der Waals surface area contributed by atoms with E-state index in [1.54, 1.807) is 7.05 Å². The summed E-state index contributed by atoms with van der Waals surface area (Å²) in [5.74, 6) is 0. The van der Waals surface area contributed by atoms with Crippen molar-refractivity contribution in [2.75, 3.05) is 13.2 Å². The van der Waals surface area contributed by atoms with E-state index in [1.807, 2.05) is 0 Å². The Labute approximate surface area is 125 Å². The molecule has 0 spiro atoms. The Morgan fingerprint density at radius 3 is 2.76 bits per heavy atom. The maximum Gasteiger partial charge on any atom is 0.243 e. The van der Waals surface area contributed by atoms with Crippen LogP contribution in [0, 0.1) is 0 Å². The molecule has 0 bridgehead atoms. The summed E-state index contributed by atoms with van der Waals surface area (Å²) < 4.78 is 33.6. The standard InChI is InChI=1S/C13H24N4O3S/c1-17-10-13(9-15-17)21(18,19)16-7-2-8-20-12-5-3-11(14)4-6-12/h9-12,16H,2-8,14H2,1H3. The lowest BCUT2D eigenvalue weighted by molar-refractivity contribution is 0.0245. The molecule has 0 atom stereocenters. The molecule has 1 aromatic heterocycles. The van der Waals surface area contributed by atoms with Gasteiger partial charge in [-0.05, 0) is 32.1 Å². The van der Waals surface area contributed by atoms with E-state index in [0.717, 1.165) is 25.7 Å². The lowest BCUT2D eigenvalue weighted by Crippen LogP contribution is -2.31. The molecule has 1 aliphatic carbocycles. The third-order valence-electron chi connectivity index (χ3n) is 3.68. The molecule has 0 saturated heterocycles. The number of aryl methyl sites for hydroxylation is 1. The van der Waals surface area contributed by atoms with E-state index in [2.05, 4.69) is 9.82 Å². The number of rotatable bonds is 7. The van der Waals surface area contributed by atoms with E-state index in [0.29, 0.717) is 25.6 Å². The Morgan fingerprint density at radius 1 is 1.43 bits per heavy atom. The predicted octanol–water partition coefficient (Wildman–Crippen LogP) is 0.375. The second kappa shape index (κ2) is 7.35. The van der Waals surface area contributed by atoms with Crippen molar-refractivity contribution in [2.24, 2.45) is 12.8 Å². The van der Waals surface area contributed by atoms with Crippen molar-refractivity contribution in [3.63, 3.8) is 0 Å². The van der Waals surface area contributed by atoms with Crippen molar-refractivity contribution in [2.45, 2.75) is 49.1 Å². The summed E-state index contributed by atoms with van der Waals surface area (Å²) in [6, 6.07) is 0.316. The molecule has 0 aliphatic heterocycles. The van der Waals surface area contributed by atoms with Gasteiger partial charge in [0.1, 0.15) is 4.90 Å². The van der Waals surface area contributed by atoms with Crippen LogP contribution in [-0.4, -0.2) is 43.5 Å². The van der Waals surface area contributed by atoms with Crippen LogP contribution in [0.4, 0.5) is 0 Å². The van der Waals surface area contributed by atoms with Gasteiger partial charge in [-0.25, -0.2) is 13.1 Å². The van der Waals surface area contributed by atoms with Gasteiger partial charge in [0, 0.05) is 32.4 Å². The van der Waals surface area contributed by atoms with Crippen molar-refractivity contribution in [3.05, 3.63) is 12.4 Å². The number of sulfonamides is 1. The highest BCUT2D eigenvalue weighted by atomic mass is 32.2. The Bertz CT molecular complexity index is 535. The summed E-state index contributed by atoms with van der Waals surface area (Å²) in [6.45, 7) is 0.929. The van der Waals surface area contributed by atoms with Gasteiger partial charge in [-0.1, -0.05) is 0 Å². The molecule has 0 aromatic carbocycles. The van der Waals surface area contributed by atoms with Crippen LogP contribution < -0.4 is 10.5 Å². The molecule has 21 heavy (non-hydrogen) atoms. The fraction of sp³-hybridized carbons (Fsp3) is 0.769. The number of nitrogens with two attached hydrogens (primary N) is 1. The normalized spacial score (nSPS) is 23.3. The van der Waals surface area contributed by atoms with Crippen molar-refractivity contribution >= 4 is 10.0 Å². The average molecular weight is 316 g/mol. The maximum absolute atomic E-state index is 11.9. The quantitative estimate of drug-likeness (QED) is 0.708. The third kappa shape index (κ3) is 5.06. The SMILES string of the molecule is Cn1cc(S(=O)(=O)NCCCOC2CCC(N)CC2)cn1. The largest absolute Gasteiger partial charge is 0.378 e. The third-order valence-corrected chi connectivity index (χ3v) is 5.09. The minimum absolute atomic E-state index is 0.187. The highest BCUT2D eigenvalue weighted by Crippen LogP contribution is 2.19. The van der Waals surface area contributed by atoms with Crippen LogP contribution in [0.5, 0.6) is 0 Å². The average Bonchev–Trinajstić information content (AvgIpc) is 2.88. The minimum Gasteiger partial charge on any atom is -0.378 e. The molecule has 0 amide bonds. The lowest BCUT2D eigenvalue weighted by atomic mass is 9.94. The van der Waals surface area contributed by atoms with Crippen LogP contribution in [0.15, 0.2) is 17.3 Å². The highest BCUT2D eigenvalue weighted by Gasteiger charge is 2.19. The zero-order valence-electron chi connectivity index (χ0n) is 12.4. The molecule has 0 unspecified atom stereocenters. The highest BCUT2D eigenvalue weighted by molar-refractivity contribution is 7.89. The zero-order valence-corrected chi connectivity index (χ0v) is 13.2. The van der Waals surface area contributed by atoms with Gasteiger partial charge in [0.2, 0.25) is 10.0 Å². The van der Waals surface area contributed by atoms with Gasteiger partial charge in [0.15, 0.2) is 0 Å². The second-order valence-electron chi connectivity index (χ2n) is 5.51. The van der Waals surface area contributed by atoms with E-state index in [1.165, 1.54) is 17.1 Å². The molecule has 8 heteroatoms. The van der Waals surface area contributed by atoms with Crippen molar-refractivity contribution in [1.82, 2.24) is 14.5 Å². The van der Waals surface area contributed by atoms with E-state index < -0.39 is 10.0 Å². The maximum atomic E-state index is 11.9. The molecule has 7 nitrogen and oxygen atoms in total. The molecule has 1 aromatic rings. The first-order valence-corrected chi connectivity index (χ1v) is 8.81. The van der Waals surface area contributed by atoms with Crippen molar-refractivity contribution in [3.8, 4) is 0 Å². The number of nitrogens with one attached hydrogen (secondary N) is 1. The van der Waals surface area contributed by atoms with Crippen LogP contribution in [0.25, 0.3) is 0 Å². The summed E-state index contributed by atoms with van der Waals surface area (Å²) in [4.78, 5) is 0.187. The molecule has 120 valence electrons. The summed E-state index contributed by atoms with van der Waals surface area (Å²) in [5.41, 5.74) is 5.84. The molecule has 1 saturated carbocycles. The molecule has 0 radical (unpaired) electrons. The molecular weight excluding hydrogens is 292 g/mol. The number of hydrogen-bond donors (Lipinski definition) is 2. The van der Waals surface area contributed by atoms with Crippen LogP contribution in [0.2, 0.25) is 0 Å². The smallest absolute Gasteiger partial charge is 0.243 e. The topological polar surface area (TPSA) is 99.2 Å². The van der Waals surface area contributed by atoms with E-state index in [9.17, 15) is 8.42 Å². The predicted molar refractivity (Wildman–Crippen MR) is 79.2 cm³/mol. The Hall–Kier alpha value is -0.960. The van der Waals surface area contributed by atoms with Gasteiger partial charge in [-0.15, -0.1) is 0 Å². The van der Waals surface area contributed by atoms with Crippen LogP contribution in [0.3, 0.4) is 0 Å². The van der Waals surface area contributed by atoms with Crippen LogP contribution in [-0.2, 0) is 21.8 Å². The Morgan fingerprint density at radius 2 is 2.14 bits per heavy atom. The summed E-state index contributed by atoms with van der Waals surface area (Å²) in [6.07, 6.45) is 7.78. The van der Waals surface area contributed by atoms with Crippen LogP contribution >= 0.6 is 0 Å². The van der Waals surface area contributed by atoms with E-state index in [4.69, 9.17) is 10.5 Å². The fourth-order valence-corrected chi connectivity index (χ4v) is 3.46. The first kappa shape index (κ1) is 16.4. The lowest BCUT2D eigenvalue weighted by Gasteiger charge is -2.26. The monoisotopic (exact) mass is 316 g/mol. The zero-order chi connectivity index (χ0) is 15.3. The number of hydrogen-bond acceptors (Lipinski definition) is 5. The molecule has 3 N–H and O–H groups in total. The Kier molecular flexibility index (Phi) is 5.74. The van der Waals surface area contributed by atoms with Gasteiger partial charge in [0.25, 0.3) is 0 Å². The molecule has 1 fully saturated rings. The molecule has 2 rings (SSSR count). The van der Waals surface area contributed by atoms with Gasteiger partial charge in [0.05, 0.1) is 12.3 Å². The van der Waals surface area contributed by atoms with E-state index in [-0.39, 0.29) is 11.0 Å². The fourth-order valence-electron chi connectivity index (χ4n) is 2.40. The van der Waals surface area contributed by atoms with Gasteiger partial charge in [-0.3, -0.25) is 4.68 Å². The second-order valence-corrected chi connectivity index (χ2v) is 7.28. The Balaban J connectivity index is 1.63. The molecule has 1 heterocycles. The first-order valence-electron chi connectivity index (χ1n) is 7.33. The minimum atomic E-state index is -3.46. The number of nitrogens with zero attached hydrogens (tertiary/aromatic N) is 2. The first-order chi connectivity index (χ1) is 9.97. The van der Waals surface area contributed by atoms with Gasteiger partial charge in [-0.2, -0.15) is 5.10 Å². The van der Waals surface area contributed by atoms with Crippen molar-refractivity contribution < 1.29 is 13.2 Å². The van der Waals surface area contributed by atoms with E-state index >= 15 is 0 Å². The van der Waals surface area contributed by atoms with Crippen LogP contribution in [0.1, 0.15) is 32.1 Å². The summed E-state index contributed by atoms with van der Waals surface area (Å²) in [5, 5.41) is 3.86. The van der Waals surface area contributed by atoms with Crippen molar-refractivity contribution in [1.29, 1.82) is 0 Å².